The van der Waals surface area contributed by atoms with Gasteiger partial charge < -0.3 is 20.4 Å². The van der Waals surface area contributed by atoms with Crippen molar-refractivity contribution in [1.82, 2.24) is 15.2 Å². The molecule has 2 aromatic carbocycles. The molecule has 0 saturated carbocycles. The first-order valence-electron chi connectivity index (χ1n) is 13.8. The number of amides is 2. The Labute approximate surface area is 238 Å². The Kier molecular flexibility index (Phi) is 18.5. The number of carbonyl (C=O) groups excluding carboxylic acids is 2. The maximum atomic E-state index is 12.8. The molecule has 0 unspecified atom stereocenters. The lowest BCUT2D eigenvalue weighted by Crippen LogP contribution is -2.32. The van der Waals surface area contributed by atoms with Crippen LogP contribution in [0.2, 0.25) is 0 Å². The minimum absolute atomic E-state index is 0.119. The van der Waals surface area contributed by atoms with Crippen LogP contribution in [0, 0.1) is 25.5 Å². The van der Waals surface area contributed by atoms with Crippen molar-refractivity contribution in [3.63, 3.8) is 0 Å². The molecule has 9 heteroatoms. The molecule has 2 amide bonds. The summed E-state index contributed by atoms with van der Waals surface area (Å²) in [6.45, 7) is 16.1. The van der Waals surface area contributed by atoms with Crippen molar-refractivity contribution in [2.45, 2.75) is 67.7 Å². The molecule has 7 nitrogen and oxygen atoms in total. The van der Waals surface area contributed by atoms with E-state index in [0.29, 0.717) is 35.7 Å². The summed E-state index contributed by atoms with van der Waals surface area (Å²) in [5.74, 6) is -1.39. The van der Waals surface area contributed by atoms with E-state index in [1.807, 2.05) is 34.7 Å². The zero-order valence-corrected chi connectivity index (χ0v) is 25.2. The highest BCUT2D eigenvalue weighted by atomic mass is 19.1. The molecule has 0 atom stereocenters. The Morgan fingerprint density at radius 3 is 1.82 bits per heavy atom. The van der Waals surface area contributed by atoms with E-state index in [1.165, 1.54) is 30.9 Å². The molecule has 0 radical (unpaired) electrons. The van der Waals surface area contributed by atoms with E-state index in [2.05, 4.69) is 17.2 Å². The summed E-state index contributed by atoms with van der Waals surface area (Å²) in [6.07, 6.45) is 4.49. The third-order valence-corrected chi connectivity index (χ3v) is 5.11. The molecule has 0 aliphatic carbocycles. The number of nitrogens with zero attached hydrogens (tertiary/aromatic N) is 2. The van der Waals surface area contributed by atoms with Gasteiger partial charge in [0.15, 0.2) is 0 Å². The largest absolute Gasteiger partial charge is 0.444 e. The molecule has 0 fully saturated rings. The van der Waals surface area contributed by atoms with Crippen molar-refractivity contribution in [3.05, 3.63) is 76.7 Å². The zero-order valence-electron chi connectivity index (χ0n) is 25.2. The van der Waals surface area contributed by atoms with Crippen LogP contribution < -0.4 is 11.1 Å². The number of nitrogens with one attached hydrogen (secondary N) is 1. The third kappa shape index (κ3) is 13.5. The van der Waals surface area contributed by atoms with E-state index in [0.717, 1.165) is 31.1 Å². The molecule has 1 aromatic heterocycles. The van der Waals surface area contributed by atoms with Crippen LogP contribution in [0.1, 0.15) is 85.9 Å². The number of primary amides is 1. The minimum atomic E-state index is -0.591. The first-order chi connectivity index (χ1) is 19.1. The lowest BCUT2D eigenvalue weighted by Gasteiger charge is -2.22. The number of hydrogen-bond acceptors (Lipinski definition) is 5. The van der Waals surface area contributed by atoms with Gasteiger partial charge in [0.1, 0.15) is 17.9 Å². The van der Waals surface area contributed by atoms with Gasteiger partial charge in [0, 0.05) is 35.8 Å². The first-order valence-corrected chi connectivity index (χ1v) is 13.8. The van der Waals surface area contributed by atoms with E-state index in [-0.39, 0.29) is 11.5 Å². The Bertz CT molecular complexity index is 1110. The maximum absolute atomic E-state index is 12.8. The molecule has 0 aliphatic heterocycles. The molecule has 3 aromatic rings. The molecule has 3 N–H and O–H groups in total. The smallest absolute Gasteiger partial charge is 0.253 e. The lowest BCUT2D eigenvalue weighted by molar-refractivity contribution is 0.0755. The molecule has 222 valence electrons. The van der Waals surface area contributed by atoms with Gasteiger partial charge in [-0.15, -0.1) is 0 Å². The van der Waals surface area contributed by atoms with Crippen molar-refractivity contribution in [1.29, 1.82) is 0 Å². The molecule has 0 saturated heterocycles. The van der Waals surface area contributed by atoms with E-state index in [4.69, 9.17) is 10.2 Å². The molecule has 40 heavy (non-hydrogen) atoms. The van der Waals surface area contributed by atoms with Crippen molar-refractivity contribution >= 4 is 11.8 Å². The van der Waals surface area contributed by atoms with Gasteiger partial charge in [0.25, 0.3) is 5.91 Å². The Balaban J connectivity index is 0.000000777. The van der Waals surface area contributed by atoms with E-state index >= 15 is 0 Å². The SMILES string of the molecule is CC.CCCN(CCC)C(=O)c1cc(C(N)=O)cc(-c2nc(C)co2)c1.CCCNC.Cc1cc(F)cc(F)c1. The molecule has 1 heterocycles. The highest BCUT2D eigenvalue weighted by Crippen LogP contribution is 2.23. The fourth-order valence-corrected chi connectivity index (χ4v) is 3.48. The maximum Gasteiger partial charge on any atom is 0.253 e. The fourth-order valence-electron chi connectivity index (χ4n) is 3.48. The minimum Gasteiger partial charge on any atom is -0.444 e. The second-order valence-corrected chi connectivity index (χ2v) is 8.80. The van der Waals surface area contributed by atoms with Crippen molar-refractivity contribution in [2.24, 2.45) is 5.73 Å². The number of aryl methyl sites for hydroxylation is 2. The quantitative estimate of drug-likeness (QED) is 0.296. The summed E-state index contributed by atoms with van der Waals surface area (Å²) in [6, 6.07) is 8.23. The standard InChI is InChI=1S/C18H23N3O3.C7H6F2.C4H11N.C2H6/c1-4-6-21(7-5-2)18(23)15-9-13(16(19)22)8-14(10-15)17-20-12(3)11-24-17;1-5-2-6(8)4-7(9)3-5;1-3-4-5-2;1-2/h8-11H,4-7H2,1-3H3,(H2,19,22);2-4H,1H3;5H,3-4H2,1-2H3;1-2H3. The Morgan fingerprint density at radius 2 is 1.45 bits per heavy atom. The number of halogens is 2. The molecule has 0 spiro atoms. The zero-order chi connectivity index (χ0) is 30.7. The van der Waals surface area contributed by atoms with E-state index in [9.17, 15) is 18.4 Å². The van der Waals surface area contributed by atoms with Crippen LogP contribution >= 0.6 is 0 Å². The topological polar surface area (TPSA) is 101 Å². The summed E-state index contributed by atoms with van der Waals surface area (Å²) < 4.78 is 29.8. The number of nitrogens with two attached hydrogens (primary N) is 1. The number of aromatic nitrogens is 1. The van der Waals surface area contributed by atoms with Gasteiger partial charge in [-0.3, -0.25) is 9.59 Å². The van der Waals surface area contributed by atoms with Gasteiger partial charge in [-0.05, 0) is 82.6 Å². The number of rotatable bonds is 9. The van der Waals surface area contributed by atoms with E-state index < -0.39 is 17.5 Å². The van der Waals surface area contributed by atoms with Gasteiger partial charge in [-0.25, -0.2) is 13.8 Å². The molecular weight excluding hydrogens is 514 g/mol. The van der Waals surface area contributed by atoms with Gasteiger partial charge in [-0.2, -0.15) is 0 Å². The van der Waals surface area contributed by atoms with Gasteiger partial charge in [-0.1, -0.05) is 34.6 Å². The van der Waals surface area contributed by atoms with Crippen LogP contribution in [0.5, 0.6) is 0 Å². The average Bonchev–Trinajstić information content (AvgIpc) is 3.36. The highest BCUT2D eigenvalue weighted by molar-refractivity contribution is 6.00. The summed E-state index contributed by atoms with van der Waals surface area (Å²) in [4.78, 5) is 30.5. The van der Waals surface area contributed by atoms with Crippen LogP contribution in [0.3, 0.4) is 0 Å². The lowest BCUT2D eigenvalue weighted by atomic mass is 10.0. The number of oxazole rings is 1. The Hall–Kier alpha value is -3.59. The number of carbonyl (C=O) groups is 2. The van der Waals surface area contributed by atoms with E-state index in [1.54, 1.807) is 30.9 Å². The van der Waals surface area contributed by atoms with Crippen molar-refractivity contribution in [2.75, 3.05) is 26.7 Å². The summed E-state index contributed by atoms with van der Waals surface area (Å²) >= 11 is 0. The third-order valence-electron chi connectivity index (χ3n) is 5.11. The second-order valence-electron chi connectivity index (χ2n) is 8.80. The van der Waals surface area contributed by atoms with Crippen LogP contribution in [0.4, 0.5) is 8.78 Å². The molecule has 0 bridgehead atoms. The molecule has 3 rings (SSSR count). The Morgan fingerprint density at radius 1 is 0.900 bits per heavy atom. The van der Waals surface area contributed by atoms with Crippen molar-refractivity contribution < 1.29 is 22.8 Å². The predicted molar refractivity (Wildman–Crippen MR) is 158 cm³/mol. The van der Waals surface area contributed by atoms with Crippen LogP contribution in [0.25, 0.3) is 11.5 Å². The summed E-state index contributed by atoms with van der Waals surface area (Å²) in [7, 11) is 1.96. The fraction of sp³-hybridized carbons (Fsp3) is 0.452. The van der Waals surface area contributed by atoms with Gasteiger partial charge >= 0.3 is 0 Å². The number of hydrogen-bond donors (Lipinski definition) is 2. The highest BCUT2D eigenvalue weighted by Gasteiger charge is 2.18. The molecular formula is C31H46F2N4O3. The van der Waals surface area contributed by atoms with Crippen molar-refractivity contribution in [3.8, 4) is 11.5 Å². The predicted octanol–water partition coefficient (Wildman–Crippen LogP) is 6.93. The van der Waals surface area contributed by atoms with Crippen LogP contribution in [-0.4, -0.2) is 48.4 Å². The first kappa shape index (κ1) is 36.4. The van der Waals surface area contributed by atoms with Gasteiger partial charge in [0.05, 0.1) is 5.69 Å². The average molecular weight is 561 g/mol. The monoisotopic (exact) mass is 560 g/mol. The normalized spacial score (nSPS) is 9.75. The summed E-state index contributed by atoms with van der Waals surface area (Å²) in [5, 5.41) is 3.02. The van der Waals surface area contributed by atoms with Crippen LogP contribution in [0.15, 0.2) is 47.1 Å². The number of benzene rings is 2. The molecule has 0 aliphatic rings. The second kappa shape index (κ2) is 20.3. The van der Waals surface area contributed by atoms with Crippen LogP contribution in [-0.2, 0) is 0 Å². The summed E-state index contributed by atoms with van der Waals surface area (Å²) in [5.41, 5.74) is 7.99. The van der Waals surface area contributed by atoms with Gasteiger partial charge in [0.2, 0.25) is 11.8 Å².